The lowest BCUT2D eigenvalue weighted by Gasteiger charge is -2.18. The highest BCUT2D eigenvalue weighted by molar-refractivity contribution is 5.36. The molecule has 1 aromatic rings. The monoisotopic (exact) mass is 267 g/mol. The molecule has 0 aromatic heterocycles. The second-order valence-corrected chi connectivity index (χ2v) is 3.84. The van der Waals surface area contributed by atoms with Crippen LogP contribution >= 0.6 is 0 Å². The number of benzene rings is 1. The molecule has 18 heavy (non-hydrogen) atoms. The predicted molar refractivity (Wildman–Crippen MR) is 56.6 cm³/mol. The molecule has 0 heterocycles. The molecule has 0 aliphatic rings. The first kappa shape index (κ1) is 14.7. The fraction of sp³-hybridized carbons (Fsp3) is 0.455. The highest BCUT2D eigenvalue weighted by Gasteiger charge is 2.38. The number of nitrogens with two attached hydrogens (primary N) is 1. The lowest BCUT2D eigenvalue weighted by molar-refractivity contribution is -0.210. The van der Waals surface area contributed by atoms with Crippen molar-refractivity contribution in [3.05, 3.63) is 29.6 Å². The molecular weight excluding hydrogens is 254 g/mol. The summed E-state index contributed by atoms with van der Waals surface area (Å²) >= 11 is 0. The first-order chi connectivity index (χ1) is 8.21. The fourth-order valence-corrected chi connectivity index (χ4v) is 1.27. The number of aliphatic hydroxyl groups excluding tert-OH is 1. The zero-order chi connectivity index (χ0) is 13.9. The van der Waals surface area contributed by atoms with Crippen LogP contribution in [0.15, 0.2) is 18.2 Å². The molecule has 1 aromatic carbocycles. The molecule has 0 aliphatic heterocycles. The van der Waals surface area contributed by atoms with Gasteiger partial charge in [0.05, 0.1) is 0 Å². The predicted octanol–water partition coefficient (Wildman–Crippen LogP) is 2.15. The van der Waals surface area contributed by atoms with Crippen LogP contribution in [-0.4, -0.2) is 24.0 Å². The highest BCUT2D eigenvalue weighted by atomic mass is 19.4. The summed E-state index contributed by atoms with van der Waals surface area (Å²) in [5, 5.41) is 8.78. The molecule has 0 amide bonds. The Morgan fingerprint density at radius 1 is 1.39 bits per heavy atom. The Kier molecular flexibility index (Phi) is 4.53. The lowest BCUT2D eigenvalue weighted by atomic mass is 10.1. The number of hydrogen-bond donors (Lipinski definition) is 2. The summed E-state index contributed by atoms with van der Waals surface area (Å²) in [7, 11) is 0. The number of ether oxygens (including phenoxy) is 1. The van der Waals surface area contributed by atoms with Crippen LogP contribution in [0.3, 0.4) is 0 Å². The maximum atomic E-state index is 13.0. The summed E-state index contributed by atoms with van der Waals surface area (Å²) in [4.78, 5) is 0. The van der Waals surface area contributed by atoms with Crippen LogP contribution in [0.4, 0.5) is 17.6 Å². The van der Waals surface area contributed by atoms with Crippen molar-refractivity contribution in [2.45, 2.75) is 25.2 Å². The minimum atomic E-state index is -4.76. The third-order valence-corrected chi connectivity index (χ3v) is 2.24. The largest absolute Gasteiger partial charge is 0.490 e. The molecule has 0 aliphatic carbocycles. The van der Waals surface area contributed by atoms with E-state index < -0.39 is 30.7 Å². The second kappa shape index (κ2) is 5.53. The van der Waals surface area contributed by atoms with E-state index in [0.717, 1.165) is 12.1 Å². The van der Waals surface area contributed by atoms with E-state index in [-0.39, 0.29) is 11.3 Å². The molecule has 102 valence electrons. The maximum Gasteiger partial charge on any atom is 0.417 e. The Hall–Kier alpha value is -1.34. The summed E-state index contributed by atoms with van der Waals surface area (Å²) in [6.07, 6.45) is -7.35. The van der Waals surface area contributed by atoms with Crippen LogP contribution in [-0.2, 0) is 0 Å². The van der Waals surface area contributed by atoms with E-state index in [4.69, 9.17) is 15.6 Å². The van der Waals surface area contributed by atoms with E-state index in [1.165, 1.54) is 6.07 Å². The summed E-state index contributed by atoms with van der Waals surface area (Å²) in [6.45, 7) is 0.580. The molecule has 3 nitrogen and oxygen atoms in total. The summed E-state index contributed by atoms with van der Waals surface area (Å²) in [5.74, 6) is -0.541. The average Bonchev–Trinajstić information content (AvgIpc) is 2.25. The molecule has 7 heteroatoms. The van der Waals surface area contributed by atoms with Gasteiger partial charge in [-0.1, -0.05) is 0 Å². The minimum absolute atomic E-state index is 0.0229. The van der Waals surface area contributed by atoms with Crippen molar-refractivity contribution in [3.8, 4) is 5.75 Å². The average molecular weight is 267 g/mol. The Morgan fingerprint density at radius 2 is 2.00 bits per heavy atom. The van der Waals surface area contributed by atoms with Gasteiger partial charge in [-0.2, -0.15) is 13.2 Å². The van der Waals surface area contributed by atoms with Crippen LogP contribution in [0.5, 0.6) is 5.75 Å². The van der Waals surface area contributed by atoms with Crippen molar-refractivity contribution in [1.29, 1.82) is 0 Å². The zero-order valence-electron chi connectivity index (χ0n) is 9.54. The van der Waals surface area contributed by atoms with Gasteiger partial charge in [-0.15, -0.1) is 0 Å². The van der Waals surface area contributed by atoms with Gasteiger partial charge >= 0.3 is 6.18 Å². The third kappa shape index (κ3) is 3.85. The molecule has 1 rings (SSSR count). The van der Waals surface area contributed by atoms with Crippen LogP contribution in [0.2, 0.25) is 0 Å². The molecule has 0 spiro atoms. The van der Waals surface area contributed by atoms with Crippen molar-refractivity contribution in [1.82, 2.24) is 0 Å². The minimum Gasteiger partial charge on any atom is -0.490 e. The Morgan fingerprint density at radius 3 is 2.50 bits per heavy atom. The van der Waals surface area contributed by atoms with Crippen molar-refractivity contribution >= 4 is 0 Å². The molecular formula is C11H13F4NO2. The van der Waals surface area contributed by atoms with E-state index in [9.17, 15) is 17.6 Å². The Balaban J connectivity index is 2.79. The lowest BCUT2D eigenvalue weighted by Crippen LogP contribution is -2.34. The first-order valence-corrected chi connectivity index (χ1v) is 5.14. The molecule has 0 saturated heterocycles. The maximum absolute atomic E-state index is 13.0. The van der Waals surface area contributed by atoms with Gasteiger partial charge < -0.3 is 15.6 Å². The van der Waals surface area contributed by atoms with Gasteiger partial charge in [-0.05, 0) is 25.1 Å². The van der Waals surface area contributed by atoms with Crippen molar-refractivity contribution in [2.24, 2.45) is 5.73 Å². The molecule has 0 saturated carbocycles. The van der Waals surface area contributed by atoms with Gasteiger partial charge in [0, 0.05) is 11.6 Å². The van der Waals surface area contributed by atoms with Crippen LogP contribution < -0.4 is 10.5 Å². The molecule has 0 bridgehead atoms. The quantitative estimate of drug-likeness (QED) is 0.822. The van der Waals surface area contributed by atoms with Crippen molar-refractivity contribution < 1.29 is 27.4 Å². The molecule has 1 unspecified atom stereocenters. The van der Waals surface area contributed by atoms with E-state index in [2.05, 4.69) is 0 Å². The standard InChI is InChI=1S/C11H13F4NO2/c1-6(16)8-4-7(12)2-3-9(8)18-5-10(17)11(13,14)15/h2-4,6,10,17H,5,16H2,1H3/t6-,10?/m1/s1. The normalized spacial score (nSPS) is 15.3. The fourth-order valence-electron chi connectivity index (χ4n) is 1.27. The SMILES string of the molecule is C[C@@H](N)c1cc(F)ccc1OCC(O)C(F)(F)F. The molecule has 0 radical (unpaired) electrons. The van der Waals surface area contributed by atoms with Gasteiger partial charge in [0.15, 0.2) is 6.10 Å². The van der Waals surface area contributed by atoms with Crippen molar-refractivity contribution in [3.63, 3.8) is 0 Å². The van der Waals surface area contributed by atoms with Gasteiger partial charge in [0.2, 0.25) is 0 Å². The van der Waals surface area contributed by atoms with Crippen LogP contribution in [0.1, 0.15) is 18.5 Å². The van der Waals surface area contributed by atoms with Gasteiger partial charge in [-0.25, -0.2) is 4.39 Å². The van der Waals surface area contributed by atoms with E-state index >= 15 is 0 Å². The third-order valence-electron chi connectivity index (χ3n) is 2.24. The van der Waals surface area contributed by atoms with Gasteiger partial charge in [0.25, 0.3) is 0 Å². The highest BCUT2D eigenvalue weighted by Crippen LogP contribution is 2.26. The number of halogens is 4. The number of aliphatic hydroxyl groups is 1. The Bertz CT molecular complexity index is 407. The van der Waals surface area contributed by atoms with E-state index in [1.807, 2.05) is 0 Å². The van der Waals surface area contributed by atoms with Gasteiger partial charge in [-0.3, -0.25) is 0 Å². The smallest absolute Gasteiger partial charge is 0.417 e. The summed E-state index contributed by atoms with van der Waals surface area (Å²) in [5.41, 5.74) is 5.78. The Labute approximate surface area is 101 Å². The zero-order valence-corrected chi connectivity index (χ0v) is 9.54. The number of rotatable bonds is 4. The van der Waals surface area contributed by atoms with Gasteiger partial charge in [0.1, 0.15) is 18.2 Å². The first-order valence-electron chi connectivity index (χ1n) is 5.14. The number of hydrogen-bond acceptors (Lipinski definition) is 3. The molecule has 2 atom stereocenters. The van der Waals surface area contributed by atoms with Crippen molar-refractivity contribution in [2.75, 3.05) is 6.61 Å². The second-order valence-electron chi connectivity index (χ2n) is 3.84. The summed E-state index contributed by atoms with van der Waals surface area (Å²) < 4.78 is 54.0. The van der Waals surface area contributed by atoms with Crippen LogP contribution in [0.25, 0.3) is 0 Å². The van der Waals surface area contributed by atoms with Crippen LogP contribution in [0, 0.1) is 5.82 Å². The summed E-state index contributed by atoms with van der Waals surface area (Å²) in [6, 6.07) is 2.71. The van der Waals surface area contributed by atoms with E-state index in [1.54, 1.807) is 6.92 Å². The molecule has 3 N–H and O–H groups in total. The topological polar surface area (TPSA) is 55.5 Å². The number of alkyl halides is 3. The van der Waals surface area contributed by atoms with E-state index in [0.29, 0.717) is 0 Å². The molecule has 0 fully saturated rings.